The van der Waals surface area contributed by atoms with Crippen molar-refractivity contribution in [1.82, 2.24) is 9.29 Å². The average Bonchev–Trinajstić information content (AvgIpc) is 2.91. The van der Waals surface area contributed by atoms with Gasteiger partial charge in [0.05, 0.1) is 24.9 Å². The number of ether oxygens (including phenoxy) is 1. The second kappa shape index (κ2) is 5.78. The number of anilines is 1. The van der Waals surface area contributed by atoms with Gasteiger partial charge in [-0.25, -0.2) is 13.4 Å². The second-order valence-corrected chi connectivity index (χ2v) is 6.88. The number of nitrogens with two attached hydrogens (primary N) is 1. The summed E-state index contributed by atoms with van der Waals surface area (Å²) in [5.74, 6) is 0.232. The van der Waals surface area contributed by atoms with Gasteiger partial charge in [-0.1, -0.05) is 0 Å². The molecule has 0 bridgehead atoms. The topological polar surface area (TPSA) is 85.5 Å². The van der Waals surface area contributed by atoms with Crippen LogP contribution in [0.1, 0.15) is 5.69 Å². The molecule has 2 rings (SSSR count). The fourth-order valence-electron chi connectivity index (χ4n) is 1.69. The molecule has 2 N–H and O–H groups in total. The molecule has 0 radical (unpaired) electrons. The van der Waals surface area contributed by atoms with Gasteiger partial charge in [-0.3, -0.25) is 0 Å². The first-order valence-electron chi connectivity index (χ1n) is 5.72. The number of sulfonamides is 1. The van der Waals surface area contributed by atoms with E-state index in [-0.39, 0.29) is 17.2 Å². The molecule has 0 atom stereocenters. The van der Waals surface area contributed by atoms with Crippen LogP contribution in [0.25, 0.3) is 0 Å². The van der Waals surface area contributed by atoms with Crippen LogP contribution in [0.3, 0.4) is 0 Å². The molecule has 1 aromatic heterocycles. The maximum Gasteiger partial charge on any atom is 0.246 e. The number of thiazole rings is 1. The van der Waals surface area contributed by atoms with Crippen molar-refractivity contribution in [3.05, 3.63) is 34.8 Å². The van der Waals surface area contributed by atoms with E-state index in [4.69, 9.17) is 10.5 Å². The number of hydrogen-bond donors (Lipinski definition) is 1. The van der Waals surface area contributed by atoms with Crippen molar-refractivity contribution in [2.45, 2.75) is 11.4 Å². The predicted octanol–water partition coefficient (Wildman–Crippen LogP) is 1.55. The number of aromatic nitrogens is 1. The predicted molar refractivity (Wildman–Crippen MR) is 78.2 cm³/mol. The van der Waals surface area contributed by atoms with E-state index in [1.165, 1.54) is 48.0 Å². The summed E-state index contributed by atoms with van der Waals surface area (Å²) in [5, 5.41) is 1.81. The smallest absolute Gasteiger partial charge is 0.246 e. The summed E-state index contributed by atoms with van der Waals surface area (Å²) in [5.41, 5.74) is 8.45. The number of nitrogen functional groups attached to an aromatic ring is 1. The van der Waals surface area contributed by atoms with Gasteiger partial charge in [0.2, 0.25) is 10.0 Å². The van der Waals surface area contributed by atoms with E-state index in [9.17, 15) is 8.42 Å². The van der Waals surface area contributed by atoms with Crippen LogP contribution < -0.4 is 10.5 Å². The van der Waals surface area contributed by atoms with Crippen molar-refractivity contribution < 1.29 is 13.2 Å². The molecular weight excluding hydrogens is 298 g/mol. The van der Waals surface area contributed by atoms with Crippen LogP contribution in [0, 0.1) is 0 Å². The van der Waals surface area contributed by atoms with Crippen LogP contribution in [0.2, 0.25) is 0 Å². The molecule has 2 aromatic rings. The molecule has 0 aliphatic rings. The first-order chi connectivity index (χ1) is 9.45. The Balaban J connectivity index is 2.34. The number of methoxy groups -OCH3 is 1. The molecule has 1 heterocycles. The summed E-state index contributed by atoms with van der Waals surface area (Å²) in [7, 11) is -0.742. The van der Waals surface area contributed by atoms with Crippen molar-refractivity contribution in [2.75, 3.05) is 19.9 Å². The third-order valence-electron chi connectivity index (χ3n) is 2.74. The van der Waals surface area contributed by atoms with E-state index in [2.05, 4.69) is 4.98 Å². The standard InChI is InChI=1S/C12H15N3O3S2/c1-15(6-10-7-19-8-14-10)20(16,17)12-4-3-9(13)5-11(12)18-2/h3-5,7-8H,6,13H2,1-2H3. The molecule has 0 aliphatic heterocycles. The zero-order chi connectivity index (χ0) is 14.8. The Morgan fingerprint density at radius 1 is 1.45 bits per heavy atom. The van der Waals surface area contributed by atoms with Gasteiger partial charge in [-0.15, -0.1) is 11.3 Å². The fraction of sp³-hybridized carbons (Fsp3) is 0.250. The summed E-state index contributed by atoms with van der Waals surface area (Å²) in [6, 6.07) is 4.47. The third-order valence-corrected chi connectivity index (χ3v) is 5.22. The van der Waals surface area contributed by atoms with Crippen molar-refractivity contribution in [3.8, 4) is 5.75 Å². The SMILES string of the molecule is COc1cc(N)ccc1S(=O)(=O)N(C)Cc1cscn1. The minimum Gasteiger partial charge on any atom is -0.495 e. The van der Waals surface area contributed by atoms with Crippen LogP contribution in [0.15, 0.2) is 34.0 Å². The largest absolute Gasteiger partial charge is 0.495 e. The van der Waals surface area contributed by atoms with Crippen LogP contribution in [-0.4, -0.2) is 31.9 Å². The lowest BCUT2D eigenvalue weighted by atomic mass is 10.3. The van der Waals surface area contributed by atoms with Gasteiger partial charge < -0.3 is 10.5 Å². The minimum atomic E-state index is -3.66. The number of hydrogen-bond acceptors (Lipinski definition) is 6. The molecule has 0 spiro atoms. The van der Waals surface area contributed by atoms with E-state index in [1.807, 2.05) is 5.38 Å². The Labute approximate surface area is 121 Å². The van der Waals surface area contributed by atoms with Gasteiger partial charge in [0.15, 0.2) is 0 Å². The number of rotatable bonds is 5. The highest BCUT2D eigenvalue weighted by atomic mass is 32.2. The number of benzene rings is 1. The van der Waals surface area contributed by atoms with E-state index >= 15 is 0 Å². The van der Waals surface area contributed by atoms with Gasteiger partial charge in [0.25, 0.3) is 0 Å². The second-order valence-electron chi connectivity index (χ2n) is 4.15. The lowest BCUT2D eigenvalue weighted by Crippen LogP contribution is -2.27. The zero-order valence-electron chi connectivity index (χ0n) is 11.1. The molecule has 8 heteroatoms. The van der Waals surface area contributed by atoms with E-state index in [0.717, 1.165) is 0 Å². The summed E-state index contributed by atoms with van der Waals surface area (Å²) in [6.45, 7) is 0.208. The van der Waals surface area contributed by atoms with Gasteiger partial charge in [0, 0.05) is 24.2 Å². The zero-order valence-corrected chi connectivity index (χ0v) is 12.7. The summed E-state index contributed by atoms with van der Waals surface area (Å²) in [4.78, 5) is 4.17. The Morgan fingerprint density at radius 3 is 2.80 bits per heavy atom. The van der Waals surface area contributed by atoms with Gasteiger partial charge in [-0.2, -0.15) is 4.31 Å². The molecule has 0 saturated heterocycles. The Bertz CT molecular complexity index is 684. The fourth-order valence-corrected chi connectivity index (χ4v) is 3.52. The monoisotopic (exact) mass is 313 g/mol. The summed E-state index contributed by atoms with van der Waals surface area (Å²) in [6.07, 6.45) is 0. The Hall–Kier alpha value is -1.64. The molecule has 6 nitrogen and oxygen atoms in total. The molecule has 0 saturated carbocycles. The van der Waals surface area contributed by atoms with Crippen LogP contribution in [-0.2, 0) is 16.6 Å². The first kappa shape index (κ1) is 14.8. The highest BCUT2D eigenvalue weighted by Gasteiger charge is 2.25. The van der Waals surface area contributed by atoms with Crippen molar-refractivity contribution in [2.24, 2.45) is 0 Å². The molecule has 0 unspecified atom stereocenters. The van der Waals surface area contributed by atoms with Gasteiger partial charge in [0.1, 0.15) is 10.6 Å². The molecule has 0 fully saturated rings. The molecule has 108 valence electrons. The van der Waals surface area contributed by atoms with Crippen LogP contribution in [0.4, 0.5) is 5.69 Å². The normalized spacial score (nSPS) is 11.8. The lowest BCUT2D eigenvalue weighted by Gasteiger charge is -2.18. The van der Waals surface area contributed by atoms with Gasteiger partial charge >= 0.3 is 0 Å². The summed E-state index contributed by atoms with van der Waals surface area (Å²) < 4.78 is 31.4. The molecule has 1 aromatic carbocycles. The van der Waals surface area contributed by atoms with E-state index in [1.54, 1.807) is 5.51 Å². The quantitative estimate of drug-likeness (QED) is 0.847. The minimum absolute atomic E-state index is 0.0897. The summed E-state index contributed by atoms with van der Waals surface area (Å²) >= 11 is 1.42. The maximum atomic E-state index is 12.5. The van der Waals surface area contributed by atoms with Crippen molar-refractivity contribution in [1.29, 1.82) is 0 Å². The highest BCUT2D eigenvalue weighted by Crippen LogP contribution is 2.28. The molecule has 0 aliphatic carbocycles. The third kappa shape index (κ3) is 2.92. The van der Waals surface area contributed by atoms with Gasteiger partial charge in [-0.05, 0) is 12.1 Å². The first-order valence-corrected chi connectivity index (χ1v) is 8.10. The molecular formula is C12H15N3O3S2. The highest BCUT2D eigenvalue weighted by molar-refractivity contribution is 7.89. The molecule has 20 heavy (non-hydrogen) atoms. The van der Waals surface area contributed by atoms with Crippen molar-refractivity contribution in [3.63, 3.8) is 0 Å². The van der Waals surface area contributed by atoms with Crippen molar-refractivity contribution >= 4 is 27.0 Å². The van der Waals surface area contributed by atoms with E-state index < -0.39 is 10.0 Å². The maximum absolute atomic E-state index is 12.5. The Kier molecular flexibility index (Phi) is 4.26. The lowest BCUT2D eigenvalue weighted by molar-refractivity contribution is 0.397. The Morgan fingerprint density at radius 2 is 2.20 bits per heavy atom. The van der Waals surface area contributed by atoms with Crippen LogP contribution in [0.5, 0.6) is 5.75 Å². The average molecular weight is 313 g/mol. The number of nitrogens with zero attached hydrogens (tertiary/aromatic N) is 2. The van der Waals surface area contributed by atoms with Crippen LogP contribution >= 0.6 is 11.3 Å². The van der Waals surface area contributed by atoms with E-state index in [0.29, 0.717) is 11.4 Å². The molecule has 0 amide bonds.